The van der Waals surface area contributed by atoms with Gasteiger partial charge >= 0.3 is 6.16 Å². The van der Waals surface area contributed by atoms with Gasteiger partial charge in [-0.15, -0.1) is 0 Å². The Morgan fingerprint density at radius 2 is 1.81 bits per heavy atom. The Morgan fingerprint density at radius 3 is 2.56 bits per heavy atom. The second-order valence-electron chi connectivity index (χ2n) is 12.5. The summed E-state index contributed by atoms with van der Waals surface area (Å²) in [6.07, 6.45) is 13.1. The lowest BCUT2D eigenvalue weighted by Gasteiger charge is -2.38. The van der Waals surface area contributed by atoms with Gasteiger partial charge in [0.05, 0.1) is 23.9 Å². The van der Waals surface area contributed by atoms with E-state index in [0.29, 0.717) is 39.0 Å². The molecule has 0 spiro atoms. The number of carbonyl (C=O) groups is 2. The first-order valence-corrected chi connectivity index (χ1v) is 19.6. The molecule has 1 fully saturated rings. The van der Waals surface area contributed by atoms with Crippen molar-refractivity contribution in [3.63, 3.8) is 0 Å². The second kappa shape index (κ2) is 18.3. The van der Waals surface area contributed by atoms with Crippen molar-refractivity contribution in [3.05, 3.63) is 85.2 Å². The Balaban J connectivity index is 1.38. The molecule has 1 atom stereocenters. The maximum Gasteiger partial charge on any atom is 0.513 e. The fourth-order valence-corrected chi connectivity index (χ4v) is 8.36. The second-order valence-corrected chi connectivity index (χ2v) is 15.2. The van der Waals surface area contributed by atoms with Gasteiger partial charge in [0, 0.05) is 22.4 Å². The molecular weight excluding hydrogens is 687 g/mol. The summed E-state index contributed by atoms with van der Waals surface area (Å²) in [5.41, 5.74) is 0.273. The zero-order valence-electron chi connectivity index (χ0n) is 27.4. The third-order valence-electron chi connectivity index (χ3n) is 8.86. The van der Waals surface area contributed by atoms with E-state index in [1.54, 1.807) is 18.2 Å². The number of rotatable bonds is 17. The van der Waals surface area contributed by atoms with E-state index < -0.39 is 17.6 Å². The number of thiophene rings is 1. The van der Waals surface area contributed by atoms with Crippen molar-refractivity contribution in [2.45, 2.75) is 101 Å². The molecule has 1 aliphatic carbocycles. The molecule has 258 valence electrons. The lowest BCUT2D eigenvalue weighted by molar-refractivity contribution is -0.119. The van der Waals surface area contributed by atoms with Gasteiger partial charge in [0.1, 0.15) is 16.2 Å². The molecule has 0 radical (unpaired) electrons. The van der Waals surface area contributed by atoms with E-state index in [1.165, 1.54) is 56.3 Å². The topological polar surface area (TPSA) is 86.8 Å². The van der Waals surface area contributed by atoms with Crippen LogP contribution in [0.2, 0.25) is 10.0 Å². The van der Waals surface area contributed by atoms with E-state index in [1.807, 2.05) is 35.0 Å². The number of pyridine rings is 1. The average molecular weight is 732 g/mol. The van der Waals surface area contributed by atoms with Crippen molar-refractivity contribution >= 4 is 58.4 Å². The standard InChI is InChI=1S/C37H44Cl2N2O5S2/c1-2-3-4-5-6-7-8-11-20-44-36(43)46-30-23-37(27-19-21-47-25-27,32-15-12-16-33(40-32)45-24-26-13-9-10-14-26)41-35(42)34(30)48-31-22-28(38)17-18-29(31)39/h12,15-19,21-22,25-26H,2-11,13-14,20,23-24H2,1H3,(H,41,42). The monoisotopic (exact) mass is 730 g/mol. The zero-order valence-corrected chi connectivity index (χ0v) is 30.6. The summed E-state index contributed by atoms with van der Waals surface area (Å²) in [6.45, 7) is 3.06. The number of ether oxygens (including phenoxy) is 3. The molecule has 1 N–H and O–H groups in total. The van der Waals surface area contributed by atoms with Gasteiger partial charge in [0.2, 0.25) is 5.88 Å². The van der Waals surface area contributed by atoms with Gasteiger partial charge < -0.3 is 19.5 Å². The summed E-state index contributed by atoms with van der Waals surface area (Å²) in [4.78, 5) is 32.9. The lowest BCUT2D eigenvalue weighted by atomic mass is 9.81. The molecule has 3 aromatic rings. The number of unbranched alkanes of at least 4 members (excludes halogenated alkanes) is 7. The van der Waals surface area contributed by atoms with Gasteiger partial charge in [0.25, 0.3) is 5.91 Å². The van der Waals surface area contributed by atoms with Crippen molar-refractivity contribution in [2.24, 2.45) is 5.92 Å². The predicted molar refractivity (Wildman–Crippen MR) is 194 cm³/mol. The molecule has 48 heavy (non-hydrogen) atoms. The number of halogens is 2. The van der Waals surface area contributed by atoms with Gasteiger partial charge in [-0.2, -0.15) is 11.3 Å². The van der Waals surface area contributed by atoms with Crippen LogP contribution in [0.5, 0.6) is 5.88 Å². The van der Waals surface area contributed by atoms with Crippen LogP contribution in [-0.2, 0) is 19.8 Å². The average Bonchev–Trinajstić information content (AvgIpc) is 3.82. The summed E-state index contributed by atoms with van der Waals surface area (Å²) in [7, 11) is 0. The van der Waals surface area contributed by atoms with Crippen molar-refractivity contribution in [3.8, 4) is 5.88 Å². The number of hydrogen-bond donors (Lipinski definition) is 1. The van der Waals surface area contributed by atoms with Crippen LogP contribution in [0.3, 0.4) is 0 Å². The van der Waals surface area contributed by atoms with Crippen LogP contribution in [0.25, 0.3) is 0 Å². The van der Waals surface area contributed by atoms with Gasteiger partial charge in [0.15, 0.2) is 0 Å². The van der Waals surface area contributed by atoms with E-state index in [4.69, 9.17) is 42.4 Å². The Kier molecular flexibility index (Phi) is 14.0. The zero-order chi connectivity index (χ0) is 33.8. The number of aromatic nitrogens is 1. The minimum atomic E-state index is -1.13. The Hall–Kier alpha value is -2.72. The normalized spacial score (nSPS) is 18.2. The van der Waals surface area contributed by atoms with Crippen molar-refractivity contribution < 1.29 is 23.8 Å². The number of hydrogen-bond acceptors (Lipinski definition) is 8. The fraction of sp³-hybridized carbons (Fsp3) is 0.486. The van der Waals surface area contributed by atoms with Crippen molar-refractivity contribution in [2.75, 3.05) is 13.2 Å². The van der Waals surface area contributed by atoms with Crippen molar-refractivity contribution in [1.29, 1.82) is 0 Å². The van der Waals surface area contributed by atoms with Crippen LogP contribution in [0.15, 0.2) is 68.8 Å². The summed E-state index contributed by atoms with van der Waals surface area (Å²) in [5, 5.41) is 8.04. The highest BCUT2D eigenvalue weighted by Gasteiger charge is 2.46. The van der Waals surface area contributed by atoms with Crippen LogP contribution >= 0.6 is 46.3 Å². The number of thioether (sulfide) groups is 1. The maximum atomic E-state index is 14.1. The largest absolute Gasteiger partial charge is 0.513 e. The molecule has 3 heterocycles. The van der Waals surface area contributed by atoms with Crippen LogP contribution in [0.1, 0.15) is 102 Å². The molecule has 1 aliphatic heterocycles. The Bertz CT molecular complexity index is 1540. The highest BCUT2D eigenvalue weighted by Crippen LogP contribution is 2.45. The smallest absolute Gasteiger partial charge is 0.477 e. The molecule has 1 amide bonds. The number of nitrogens with one attached hydrogen (secondary N) is 1. The molecule has 2 aliphatic rings. The molecule has 1 aromatic carbocycles. The van der Waals surface area contributed by atoms with E-state index in [9.17, 15) is 9.59 Å². The molecule has 0 bridgehead atoms. The Morgan fingerprint density at radius 1 is 1.04 bits per heavy atom. The van der Waals surface area contributed by atoms with Gasteiger partial charge in [-0.25, -0.2) is 9.78 Å². The number of carbonyl (C=O) groups excluding carboxylic acids is 2. The quantitative estimate of drug-likeness (QED) is 0.109. The molecular formula is C37H44Cl2N2O5S2. The summed E-state index contributed by atoms with van der Waals surface area (Å²) < 4.78 is 17.6. The van der Waals surface area contributed by atoms with Crippen LogP contribution < -0.4 is 10.1 Å². The molecule has 11 heteroatoms. The first-order valence-electron chi connectivity index (χ1n) is 17.0. The van der Waals surface area contributed by atoms with Crippen LogP contribution in [0, 0.1) is 5.92 Å². The molecule has 1 saturated carbocycles. The summed E-state index contributed by atoms with van der Waals surface area (Å²) >= 11 is 15.4. The number of nitrogens with zero attached hydrogens (tertiary/aromatic N) is 1. The Labute approximate surface area is 302 Å². The number of benzene rings is 1. The van der Waals surface area contributed by atoms with E-state index in [-0.39, 0.29) is 23.7 Å². The maximum absolute atomic E-state index is 14.1. The minimum Gasteiger partial charge on any atom is -0.477 e. The van der Waals surface area contributed by atoms with Gasteiger partial charge in [-0.3, -0.25) is 4.79 Å². The van der Waals surface area contributed by atoms with E-state index in [0.717, 1.165) is 49.4 Å². The van der Waals surface area contributed by atoms with E-state index >= 15 is 0 Å². The minimum absolute atomic E-state index is 0.113. The third kappa shape index (κ3) is 9.93. The summed E-state index contributed by atoms with van der Waals surface area (Å²) in [5.74, 6) is 0.753. The fourth-order valence-electron chi connectivity index (χ4n) is 6.21. The SMILES string of the molecule is CCCCCCCCCCOC(=O)OC1=C(Sc2cc(Cl)ccc2Cl)C(=O)NC(c2ccsc2)(c2cccc(OCC3CCCC3)n2)C1. The lowest BCUT2D eigenvalue weighted by Crippen LogP contribution is -2.51. The van der Waals surface area contributed by atoms with Gasteiger partial charge in [-0.05, 0) is 71.8 Å². The van der Waals surface area contributed by atoms with E-state index in [2.05, 4.69) is 12.2 Å². The van der Waals surface area contributed by atoms with Crippen LogP contribution in [0.4, 0.5) is 4.79 Å². The van der Waals surface area contributed by atoms with Crippen LogP contribution in [-0.4, -0.2) is 30.3 Å². The molecule has 7 nitrogen and oxygen atoms in total. The highest BCUT2D eigenvalue weighted by molar-refractivity contribution is 8.04. The molecule has 1 unspecified atom stereocenters. The molecule has 0 saturated heterocycles. The number of amides is 1. The van der Waals surface area contributed by atoms with Crippen molar-refractivity contribution in [1.82, 2.24) is 10.3 Å². The first-order chi connectivity index (χ1) is 23.4. The first kappa shape index (κ1) is 36.6. The molecule has 2 aromatic heterocycles. The third-order valence-corrected chi connectivity index (χ3v) is 11.4. The van der Waals surface area contributed by atoms with Gasteiger partial charge in [-0.1, -0.05) is 106 Å². The summed E-state index contributed by atoms with van der Waals surface area (Å²) in [6, 6.07) is 12.6. The molecule has 5 rings (SSSR count). The highest BCUT2D eigenvalue weighted by atomic mass is 35.5. The predicted octanol–water partition coefficient (Wildman–Crippen LogP) is 11.1.